The highest BCUT2D eigenvalue weighted by Gasteiger charge is 2.51. The number of halogens is 4. The van der Waals surface area contributed by atoms with Gasteiger partial charge in [-0.3, -0.25) is 4.79 Å². The average Bonchev–Trinajstić information content (AvgIpc) is 3.20. The van der Waals surface area contributed by atoms with Gasteiger partial charge in [0.15, 0.2) is 0 Å². The maximum Gasteiger partial charge on any atom is 0.416 e. The van der Waals surface area contributed by atoms with Crippen LogP contribution in [0.1, 0.15) is 18.4 Å². The molecule has 1 aromatic rings. The van der Waals surface area contributed by atoms with Crippen LogP contribution in [0.25, 0.3) is 0 Å². The summed E-state index contributed by atoms with van der Waals surface area (Å²) < 4.78 is 43.7. The molecular formula is C18H21ClF3N3O3. The van der Waals surface area contributed by atoms with E-state index < -0.39 is 23.2 Å². The normalized spacial score (nSPS) is 22.4. The van der Waals surface area contributed by atoms with Gasteiger partial charge in [-0.15, -0.1) is 0 Å². The minimum atomic E-state index is -4.54. The van der Waals surface area contributed by atoms with Gasteiger partial charge in [-0.25, -0.2) is 4.79 Å². The quantitative estimate of drug-likeness (QED) is 0.813. The molecule has 1 unspecified atom stereocenters. The number of rotatable bonds is 4. The van der Waals surface area contributed by atoms with Crippen molar-refractivity contribution in [1.82, 2.24) is 9.80 Å². The fourth-order valence-corrected chi connectivity index (χ4v) is 3.89. The number of nitrogens with one attached hydrogen (secondary N) is 1. The van der Waals surface area contributed by atoms with Crippen LogP contribution in [0.15, 0.2) is 18.2 Å². The predicted octanol–water partition coefficient (Wildman–Crippen LogP) is 3.46. The fourth-order valence-electron chi connectivity index (χ4n) is 3.72. The Labute approximate surface area is 165 Å². The number of benzene rings is 1. The Morgan fingerprint density at radius 1 is 1.32 bits per heavy atom. The maximum absolute atomic E-state index is 12.9. The number of ether oxygens (including phenoxy) is 1. The summed E-state index contributed by atoms with van der Waals surface area (Å²) in [5, 5.41) is 2.45. The van der Waals surface area contributed by atoms with Crippen molar-refractivity contribution < 1.29 is 27.5 Å². The van der Waals surface area contributed by atoms with Crippen LogP contribution < -0.4 is 5.32 Å². The van der Waals surface area contributed by atoms with Gasteiger partial charge in [0.1, 0.15) is 0 Å². The molecule has 0 aliphatic carbocycles. The van der Waals surface area contributed by atoms with Crippen LogP contribution in [0, 0.1) is 5.41 Å². The lowest BCUT2D eigenvalue weighted by molar-refractivity contribution is -0.137. The molecule has 154 valence electrons. The maximum atomic E-state index is 12.9. The predicted molar refractivity (Wildman–Crippen MR) is 97.2 cm³/mol. The smallest absolute Gasteiger partial charge is 0.383 e. The summed E-state index contributed by atoms with van der Waals surface area (Å²) in [6.45, 7) is 2.14. The molecular weight excluding hydrogens is 399 g/mol. The number of methoxy groups -OCH3 is 1. The SMILES string of the molecule is COCCN1CCC2(CCN(C(=O)Nc3cc(C(F)(F)F)ccc3Cl)C2)C1=O. The number of hydrogen-bond acceptors (Lipinski definition) is 3. The van der Waals surface area contributed by atoms with Crippen molar-refractivity contribution in [3.05, 3.63) is 28.8 Å². The van der Waals surface area contributed by atoms with E-state index in [9.17, 15) is 22.8 Å². The molecule has 0 bridgehead atoms. The van der Waals surface area contributed by atoms with Crippen molar-refractivity contribution in [2.75, 3.05) is 45.2 Å². The summed E-state index contributed by atoms with van der Waals surface area (Å²) in [5.41, 5.74) is -1.63. The zero-order chi connectivity index (χ0) is 20.5. The van der Waals surface area contributed by atoms with Crippen molar-refractivity contribution in [3.8, 4) is 0 Å². The number of likely N-dealkylation sites (tertiary alicyclic amines) is 2. The van der Waals surface area contributed by atoms with Gasteiger partial charge in [-0.05, 0) is 31.0 Å². The molecule has 0 aromatic heterocycles. The summed E-state index contributed by atoms with van der Waals surface area (Å²) in [7, 11) is 1.57. The van der Waals surface area contributed by atoms with Gasteiger partial charge < -0.3 is 19.9 Å². The number of anilines is 1. The molecule has 0 saturated carbocycles. The van der Waals surface area contributed by atoms with E-state index in [2.05, 4.69) is 5.32 Å². The molecule has 0 radical (unpaired) electrons. The van der Waals surface area contributed by atoms with E-state index >= 15 is 0 Å². The van der Waals surface area contributed by atoms with E-state index in [1.807, 2.05) is 0 Å². The Morgan fingerprint density at radius 2 is 2.04 bits per heavy atom. The Kier molecular flexibility index (Phi) is 5.77. The Balaban J connectivity index is 1.67. The summed E-state index contributed by atoms with van der Waals surface area (Å²) in [6.07, 6.45) is -3.37. The van der Waals surface area contributed by atoms with Crippen molar-refractivity contribution in [2.24, 2.45) is 5.41 Å². The number of alkyl halides is 3. The molecule has 1 spiro atoms. The highest BCUT2D eigenvalue weighted by Crippen LogP contribution is 2.41. The standard InChI is InChI=1S/C18H21ClF3N3O3/c1-28-9-8-24-6-4-17(15(24)26)5-7-25(11-17)16(27)23-14-10-12(18(20,21)22)2-3-13(14)19/h2-3,10H,4-9,11H2,1H3,(H,23,27). The van der Waals surface area contributed by atoms with E-state index in [-0.39, 0.29) is 23.2 Å². The molecule has 1 aromatic carbocycles. The second-order valence-electron chi connectivity index (χ2n) is 7.11. The molecule has 28 heavy (non-hydrogen) atoms. The number of hydrogen-bond donors (Lipinski definition) is 1. The zero-order valence-corrected chi connectivity index (χ0v) is 16.1. The summed E-state index contributed by atoms with van der Waals surface area (Å²) in [5.74, 6) is -0.00282. The van der Waals surface area contributed by atoms with Crippen molar-refractivity contribution in [2.45, 2.75) is 19.0 Å². The van der Waals surface area contributed by atoms with Crippen LogP contribution in [-0.2, 0) is 15.7 Å². The molecule has 2 saturated heterocycles. The summed E-state index contributed by atoms with van der Waals surface area (Å²) >= 11 is 5.94. The van der Waals surface area contributed by atoms with Gasteiger partial charge in [0.25, 0.3) is 0 Å². The average molecular weight is 420 g/mol. The van der Waals surface area contributed by atoms with Gasteiger partial charge in [-0.1, -0.05) is 11.6 Å². The van der Waals surface area contributed by atoms with E-state index in [4.69, 9.17) is 16.3 Å². The minimum Gasteiger partial charge on any atom is -0.383 e. The summed E-state index contributed by atoms with van der Waals surface area (Å²) in [6, 6.07) is 2.19. The van der Waals surface area contributed by atoms with Crippen molar-refractivity contribution in [1.29, 1.82) is 0 Å². The lowest BCUT2D eigenvalue weighted by atomic mass is 9.85. The first kappa shape index (κ1) is 20.7. The molecule has 2 fully saturated rings. The molecule has 1 atom stereocenters. The highest BCUT2D eigenvalue weighted by molar-refractivity contribution is 6.33. The molecule has 3 rings (SSSR count). The third-order valence-electron chi connectivity index (χ3n) is 5.34. The number of amides is 3. The Bertz CT molecular complexity index is 774. The highest BCUT2D eigenvalue weighted by atomic mass is 35.5. The molecule has 2 heterocycles. The van der Waals surface area contributed by atoms with Gasteiger partial charge in [0.05, 0.1) is 28.3 Å². The molecule has 3 amide bonds. The molecule has 2 aliphatic heterocycles. The third-order valence-corrected chi connectivity index (χ3v) is 5.67. The van der Waals surface area contributed by atoms with E-state index in [1.165, 1.54) is 4.90 Å². The Morgan fingerprint density at radius 3 is 2.71 bits per heavy atom. The van der Waals surface area contributed by atoms with E-state index in [0.717, 1.165) is 18.2 Å². The largest absolute Gasteiger partial charge is 0.416 e. The van der Waals surface area contributed by atoms with Crippen molar-refractivity contribution >= 4 is 29.2 Å². The van der Waals surface area contributed by atoms with Gasteiger partial charge >= 0.3 is 12.2 Å². The first-order chi connectivity index (χ1) is 13.2. The second kappa shape index (κ2) is 7.79. The topological polar surface area (TPSA) is 61.9 Å². The van der Waals surface area contributed by atoms with Crippen LogP contribution in [0.2, 0.25) is 5.02 Å². The van der Waals surface area contributed by atoms with E-state index in [0.29, 0.717) is 39.1 Å². The number of carbonyl (C=O) groups is 2. The van der Waals surface area contributed by atoms with Crippen LogP contribution in [0.4, 0.5) is 23.7 Å². The minimum absolute atomic E-state index is 0.00282. The number of carbonyl (C=O) groups excluding carboxylic acids is 2. The summed E-state index contributed by atoms with van der Waals surface area (Å²) in [4.78, 5) is 28.5. The van der Waals surface area contributed by atoms with E-state index in [1.54, 1.807) is 12.0 Å². The van der Waals surface area contributed by atoms with Crippen LogP contribution in [0.3, 0.4) is 0 Å². The number of urea groups is 1. The molecule has 10 heteroatoms. The number of nitrogens with zero attached hydrogens (tertiary/aromatic N) is 2. The van der Waals surface area contributed by atoms with Crippen LogP contribution in [0.5, 0.6) is 0 Å². The monoisotopic (exact) mass is 419 g/mol. The van der Waals surface area contributed by atoms with Crippen LogP contribution in [-0.4, -0.2) is 61.6 Å². The van der Waals surface area contributed by atoms with Crippen LogP contribution >= 0.6 is 11.6 Å². The van der Waals surface area contributed by atoms with Gasteiger partial charge in [-0.2, -0.15) is 13.2 Å². The first-order valence-corrected chi connectivity index (χ1v) is 9.25. The fraction of sp³-hybridized carbons (Fsp3) is 0.556. The molecule has 6 nitrogen and oxygen atoms in total. The zero-order valence-electron chi connectivity index (χ0n) is 15.3. The lowest BCUT2D eigenvalue weighted by Gasteiger charge is -2.24. The second-order valence-corrected chi connectivity index (χ2v) is 7.52. The van der Waals surface area contributed by atoms with Crippen molar-refractivity contribution in [3.63, 3.8) is 0 Å². The van der Waals surface area contributed by atoms with Gasteiger partial charge in [0.2, 0.25) is 5.91 Å². The third kappa shape index (κ3) is 4.05. The molecule has 1 N–H and O–H groups in total. The first-order valence-electron chi connectivity index (χ1n) is 8.87. The Hall–Kier alpha value is -2.00. The lowest BCUT2D eigenvalue weighted by Crippen LogP contribution is -2.40. The van der Waals surface area contributed by atoms with Gasteiger partial charge in [0, 0.05) is 33.3 Å². The molecule has 2 aliphatic rings.